The SMILES string of the molecule is Cc1cccc([C@@H](CCc2ccccc2)C(F)(F)F)c1. The molecule has 20 heavy (non-hydrogen) atoms. The fraction of sp³-hybridized carbons (Fsp3) is 0.294. The van der Waals surface area contributed by atoms with Crippen LogP contribution in [0.25, 0.3) is 0 Å². The largest absolute Gasteiger partial charge is 0.395 e. The van der Waals surface area contributed by atoms with Crippen LogP contribution < -0.4 is 0 Å². The van der Waals surface area contributed by atoms with Gasteiger partial charge in [-0.2, -0.15) is 13.2 Å². The molecule has 3 heteroatoms. The molecule has 0 saturated heterocycles. The first-order valence-electron chi connectivity index (χ1n) is 6.64. The monoisotopic (exact) mass is 278 g/mol. The molecule has 106 valence electrons. The molecular formula is C17H17F3. The normalized spacial score (nSPS) is 13.2. The molecule has 0 aliphatic carbocycles. The zero-order valence-corrected chi connectivity index (χ0v) is 11.3. The zero-order valence-electron chi connectivity index (χ0n) is 11.3. The first-order valence-corrected chi connectivity index (χ1v) is 6.64. The molecular weight excluding hydrogens is 261 g/mol. The summed E-state index contributed by atoms with van der Waals surface area (Å²) in [6.07, 6.45) is -3.70. The lowest BCUT2D eigenvalue weighted by Crippen LogP contribution is -2.21. The molecule has 0 amide bonds. The maximum absolute atomic E-state index is 13.2. The second-order valence-corrected chi connectivity index (χ2v) is 5.03. The molecule has 2 aromatic rings. The van der Waals surface area contributed by atoms with Gasteiger partial charge in [0.25, 0.3) is 0 Å². The first-order chi connectivity index (χ1) is 9.47. The molecule has 0 saturated carbocycles. The van der Waals surface area contributed by atoms with Crippen LogP contribution in [0.15, 0.2) is 54.6 Å². The van der Waals surface area contributed by atoms with E-state index in [1.165, 1.54) is 0 Å². The topological polar surface area (TPSA) is 0 Å². The van der Waals surface area contributed by atoms with Gasteiger partial charge in [0, 0.05) is 0 Å². The Kier molecular flexibility index (Phi) is 4.48. The van der Waals surface area contributed by atoms with Crippen molar-refractivity contribution >= 4 is 0 Å². The summed E-state index contributed by atoms with van der Waals surface area (Å²) in [5, 5.41) is 0. The van der Waals surface area contributed by atoms with E-state index < -0.39 is 12.1 Å². The molecule has 0 nitrogen and oxygen atoms in total. The van der Waals surface area contributed by atoms with Crippen LogP contribution in [-0.4, -0.2) is 6.18 Å². The lowest BCUT2D eigenvalue weighted by Gasteiger charge is -2.21. The van der Waals surface area contributed by atoms with E-state index in [9.17, 15) is 13.2 Å². The third-order valence-corrected chi connectivity index (χ3v) is 3.40. The summed E-state index contributed by atoms with van der Waals surface area (Å²) in [7, 11) is 0. The van der Waals surface area contributed by atoms with Crippen LogP contribution in [0.5, 0.6) is 0 Å². The Labute approximate surface area is 117 Å². The summed E-state index contributed by atoms with van der Waals surface area (Å²) in [5.74, 6) is -1.40. The van der Waals surface area contributed by atoms with Crippen molar-refractivity contribution in [1.29, 1.82) is 0 Å². The lowest BCUT2D eigenvalue weighted by molar-refractivity contribution is -0.151. The number of aryl methyl sites for hydroxylation is 2. The number of rotatable bonds is 4. The minimum absolute atomic E-state index is 0.0803. The Morgan fingerprint density at radius 2 is 1.65 bits per heavy atom. The third-order valence-electron chi connectivity index (χ3n) is 3.40. The fourth-order valence-corrected chi connectivity index (χ4v) is 2.36. The zero-order chi connectivity index (χ0) is 14.6. The Morgan fingerprint density at radius 1 is 0.950 bits per heavy atom. The molecule has 0 unspecified atom stereocenters. The van der Waals surface area contributed by atoms with E-state index in [1.807, 2.05) is 43.3 Å². The summed E-state index contributed by atoms with van der Waals surface area (Å²) >= 11 is 0. The lowest BCUT2D eigenvalue weighted by atomic mass is 9.91. The molecule has 0 aromatic heterocycles. The van der Waals surface area contributed by atoms with Crippen LogP contribution in [0.2, 0.25) is 0 Å². The van der Waals surface area contributed by atoms with Crippen molar-refractivity contribution in [2.24, 2.45) is 0 Å². The maximum atomic E-state index is 13.2. The summed E-state index contributed by atoms with van der Waals surface area (Å²) < 4.78 is 39.7. The number of halogens is 3. The molecule has 0 aliphatic rings. The average Bonchev–Trinajstić information content (AvgIpc) is 2.39. The van der Waals surface area contributed by atoms with Crippen LogP contribution in [0.3, 0.4) is 0 Å². The molecule has 0 bridgehead atoms. The van der Waals surface area contributed by atoms with Gasteiger partial charge in [-0.15, -0.1) is 0 Å². The molecule has 1 atom stereocenters. The Balaban J connectivity index is 2.17. The Hall–Kier alpha value is -1.77. The quantitative estimate of drug-likeness (QED) is 0.714. The van der Waals surface area contributed by atoms with Crippen LogP contribution in [0.1, 0.15) is 29.0 Å². The number of hydrogen-bond donors (Lipinski definition) is 0. The van der Waals surface area contributed by atoms with Crippen molar-refractivity contribution in [2.75, 3.05) is 0 Å². The van der Waals surface area contributed by atoms with Gasteiger partial charge in [-0.25, -0.2) is 0 Å². The van der Waals surface area contributed by atoms with Crippen LogP contribution >= 0.6 is 0 Å². The highest BCUT2D eigenvalue weighted by atomic mass is 19.4. The van der Waals surface area contributed by atoms with Gasteiger partial charge < -0.3 is 0 Å². The van der Waals surface area contributed by atoms with E-state index in [1.54, 1.807) is 18.2 Å². The van der Waals surface area contributed by atoms with Gasteiger partial charge >= 0.3 is 6.18 Å². The second-order valence-electron chi connectivity index (χ2n) is 5.03. The van der Waals surface area contributed by atoms with Gasteiger partial charge in [-0.05, 0) is 30.9 Å². The van der Waals surface area contributed by atoms with Crippen LogP contribution in [0, 0.1) is 6.92 Å². The van der Waals surface area contributed by atoms with E-state index >= 15 is 0 Å². The standard InChI is InChI=1S/C17H17F3/c1-13-6-5-9-15(12-13)16(17(18,19)20)11-10-14-7-3-2-4-8-14/h2-9,12,16H,10-11H2,1H3/t16-/m1/s1. The van der Waals surface area contributed by atoms with Gasteiger partial charge in [-0.1, -0.05) is 60.2 Å². The predicted molar refractivity (Wildman–Crippen MR) is 74.7 cm³/mol. The highest BCUT2D eigenvalue weighted by Gasteiger charge is 2.40. The minimum Gasteiger partial charge on any atom is -0.170 e. The highest BCUT2D eigenvalue weighted by molar-refractivity contribution is 5.27. The molecule has 0 heterocycles. The van der Waals surface area contributed by atoms with Gasteiger partial charge in [-0.3, -0.25) is 0 Å². The third kappa shape index (κ3) is 3.86. The molecule has 2 aromatic carbocycles. The van der Waals surface area contributed by atoms with Gasteiger partial charge in [0.15, 0.2) is 0 Å². The number of hydrogen-bond acceptors (Lipinski definition) is 0. The number of benzene rings is 2. The fourth-order valence-electron chi connectivity index (χ4n) is 2.36. The summed E-state index contributed by atoms with van der Waals surface area (Å²) in [5.41, 5.74) is 2.15. The van der Waals surface area contributed by atoms with E-state index in [0.29, 0.717) is 12.0 Å². The van der Waals surface area contributed by atoms with Gasteiger partial charge in [0.05, 0.1) is 5.92 Å². The summed E-state index contributed by atoms with van der Waals surface area (Å²) in [6.45, 7) is 1.81. The van der Waals surface area contributed by atoms with Crippen molar-refractivity contribution in [1.82, 2.24) is 0 Å². The minimum atomic E-state index is -4.21. The van der Waals surface area contributed by atoms with Gasteiger partial charge in [0.1, 0.15) is 0 Å². The molecule has 0 aliphatic heterocycles. The second kappa shape index (κ2) is 6.12. The molecule has 0 spiro atoms. The Bertz CT molecular complexity index is 544. The van der Waals surface area contributed by atoms with E-state index in [0.717, 1.165) is 11.1 Å². The molecule has 0 radical (unpaired) electrons. The van der Waals surface area contributed by atoms with E-state index in [2.05, 4.69) is 0 Å². The van der Waals surface area contributed by atoms with Crippen molar-refractivity contribution in [2.45, 2.75) is 31.9 Å². The van der Waals surface area contributed by atoms with E-state index in [4.69, 9.17) is 0 Å². The molecule has 0 N–H and O–H groups in total. The van der Waals surface area contributed by atoms with Crippen LogP contribution in [0.4, 0.5) is 13.2 Å². The van der Waals surface area contributed by atoms with Crippen molar-refractivity contribution in [3.63, 3.8) is 0 Å². The predicted octanol–water partition coefficient (Wildman–Crippen LogP) is 5.27. The van der Waals surface area contributed by atoms with Gasteiger partial charge in [0.2, 0.25) is 0 Å². The summed E-state index contributed by atoms with van der Waals surface area (Å²) in [6, 6.07) is 16.0. The first kappa shape index (κ1) is 14.6. The van der Waals surface area contributed by atoms with Crippen molar-refractivity contribution in [3.05, 3.63) is 71.3 Å². The average molecular weight is 278 g/mol. The highest BCUT2D eigenvalue weighted by Crippen LogP contribution is 2.38. The van der Waals surface area contributed by atoms with Crippen molar-refractivity contribution < 1.29 is 13.2 Å². The van der Waals surface area contributed by atoms with Crippen LogP contribution in [-0.2, 0) is 6.42 Å². The number of alkyl halides is 3. The van der Waals surface area contributed by atoms with E-state index in [-0.39, 0.29) is 6.42 Å². The summed E-state index contributed by atoms with van der Waals surface area (Å²) in [4.78, 5) is 0. The molecule has 0 fully saturated rings. The molecule has 2 rings (SSSR count). The Morgan fingerprint density at radius 3 is 2.25 bits per heavy atom. The van der Waals surface area contributed by atoms with Crippen molar-refractivity contribution in [3.8, 4) is 0 Å². The maximum Gasteiger partial charge on any atom is 0.395 e. The smallest absolute Gasteiger partial charge is 0.170 e.